The summed E-state index contributed by atoms with van der Waals surface area (Å²) in [5, 5.41) is 7.12. The smallest absolute Gasteiger partial charge is 0.475 e. The number of carboxylic acid groups (broad SMARTS) is 1. The van der Waals surface area contributed by atoms with Crippen molar-refractivity contribution >= 4 is 27.3 Å². The molecule has 1 aromatic heterocycles. The van der Waals surface area contributed by atoms with E-state index in [0.29, 0.717) is 39.5 Å². The number of hydrogen-bond donors (Lipinski definition) is 1. The van der Waals surface area contributed by atoms with Gasteiger partial charge in [-0.3, -0.25) is 4.90 Å². The number of aryl methyl sites for hydroxylation is 1. The third kappa shape index (κ3) is 7.46. The normalized spacial score (nSPS) is 24.2. The Hall–Kier alpha value is -1.25. The summed E-state index contributed by atoms with van der Waals surface area (Å²) in [5.41, 5.74) is -0.565. The number of nitrogens with zero attached hydrogens (tertiary/aromatic N) is 2. The van der Waals surface area contributed by atoms with Gasteiger partial charge in [0.25, 0.3) is 0 Å². The predicted molar refractivity (Wildman–Crippen MR) is 104 cm³/mol. The number of carboxylic acids is 1. The highest BCUT2D eigenvalue weighted by atomic mass is 32.2. The molecule has 0 aromatic carbocycles. The molecule has 1 unspecified atom stereocenters. The van der Waals surface area contributed by atoms with Crippen LogP contribution in [0.2, 0.25) is 0 Å². The van der Waals surface area contributed by atoms with Crippen LogP contribution < -0.4 is 0 Å². The number of thiophene rings is 1. The van der Waals surface area contributed by atoms with Crippen LogP contribution in [0.3, 0.4) is 0 Å². The standard InChI is InChI=1S/C15H24N2O4S2.C2HF3O2/c1-13-3-4-14(22-13)9-16-5-8-21-15(10-16)11-17(23(2,18)19)6-7-20-12-15;3-2(4,5)1(6)7/h3-4H,5-12H2,1-2H3;(H,6,7). The summed E-state index contributed by atoms with van der Waals surface area (Å²) < 4.78 is 68.8. The van der Waals surface area contributed by atoms with E-state index < -0.39 is 27.8 Å². The lowest BCUT2D eigenvalue weighted by molar-refractivity contribution is -0.192. The number of alkyl halides is 3. The molecule has 0 amide bonds. The second kappa shape index (κ2) is 9.92. The van der Waals surface area contributed by atoms with Crippen LogP contribution in [0.4, 0.5) is 13.2 Å². The maximum Gasteiger partial charge on any atom is 0.490 e. The van der Waals surface area contributed by atoms with Crippen LogP contribution >= 0.6 is 11.3 Å². The predicted octanol–water partition coefficient (Wildman–Crippen LogP) is 1.55. The minimum Gasteiger partial charge on any atom is -0.475 e. The van der Waals surface area contributed by atoms with Gasteiger partial charge in [-0.15, -0.1) is 11.3 Å². The highest BCUT2D eigenvalue weighted by Crippen LogP contribution is 2.26. The van der Waals surface area contributed by atoms with Crippen LogP contribution in [0, 0.1) is 6.92 Å². The Balaban J connectivity index is 0.000000396. The van der Waals surface area contributed by atoms with Crippen LogP contribution in [-0.4, -0.2) is 92.7 Å². The molecule has 1 N–H and O–H groups in total. The summed E-state index contributed by atoms with van der Waals surface area (Å²) in [5.74, 6) is -2.76. The Bertz CT molecular complexity index is 830. The molecule has 0 bridgehead atoms. The lowest BCUT2D eigenvalue weighted by Crippen LogP contribution is -2.58. The van der Waals surface area contributed by atoms with Gasteiger partial charge in [-0.2, -0.15) is 17.5 Å². The van der Waals surface area contributed by atoms with Crippen molar-refractivity contribution < 1.29 is 41.0 Å². The van der Waals surface area contributed by atoms with Crippen LogP contribution in [-0.2, 0) is 30.8 Å². The van der Waals surface area contributed by atoms with Gasteiger partial charge in [0.1, 0.15) is 5.60 Å². The highest BCUT2D eigenvalue weighted by molar-refractivity contribution is 7.88. The monoisotopic (exact) mass is 474 g/mol. The van der Waals surface area contributed by atoms with Crippen LogP contribution in [0.1, 0.15) is 9.75 Å². The molecule has 1 aromatic rings. The molecule has 1 spiro atoms. The van der Waals surface area contributed by atoms with Gasteiger partial charge >= 0.3 is 12.1 Å². The summed E-state index contributed by atoms with van der Waals surface area (Å²) in [6.45, 7) is 6.76. The SMILES string of the molecule is Cc1ccc(CN2CCOC3(COCCN(S(C)(=O)=O)C3)C2)s1.O=C(O)C(F)(F)F. The molecule has 2 aliphatic rings. The van der Waals surface area contributed by atoms with Crippen molar-refractivity contribution in [3.05, 3.63) is 21.9 Å². The first kappa shape index (κ1) is 25.0. The largest absolute Gasteiger partial charge is 0.490 e. The van der Waals surface area contributed by atoms with E-state index in [2.05, 4.69) is 24.0 Å². The van der Waals surface area contributed by atoms with E-state index in [1.54, 1.807) is 11.3 Å². The molecule has 2 fully saturated rings. The quantitative estimate of drug-likeness (QED) is 0.710. The summed E-state index contributed by atoms with van der Waals surface area (Å²) >= 11 is 1.81. The number of ether oxygens (including phenoxy) is 2. The molecular formula is C17H25F3N2O6S2. The molecule has 0 saturated carbocycles. The van der Waals surface area contributed by atoms with Crippen LogP contribution in [0.5, 0.6) is 0 Å². The molecule has 0 aliphatic carbocycles. The van der Waals surface area contributed by atoms with E-state index in [1.807, 2.05) is 0 Å². The molecular weight excluding hydrogens is 449 g/mol. The van der Waals surface area contributed by atoms with Gasteiger partial charge in [0, 0.05) is 42.5 Å². The van der Waals surface area contributed by atoms with Gasteiger partial charge in [-0.25, -0.2) is 13.2 Å². The maximum atomic E-state index is 11.9. The van der Waals surface area contributed by atoms with E-state index in [-0.39, 0.29) is 0 Å². The highest BCUT2D eigenvalue weighted by Gasteiger charge is 2.42. The first-order chi connectivity index (χ1) is 13.8. The van der Waals surface area contributed by atoms with Crippen molar-refractivity contribution in [2.75, 3.05) is 52.3 Å². The Morgan fingerprint density at radius 2 is 1.93 bits per heavy atom. The fourth-order valence-corrected chi connectivity index (χ4v) is 4.99. The molecule has 13 heteroatoms. The van der Waals surface area contributed by atoms with Gasteiger partial charge in [0.15, 0.2) is 0 Å². The number of sulfonamides is 1. The number of morpholine rings is 1. The van der Waals surface area contributed by atoms with Crippen LogP contribution in [0.25, 0.3) is 0 Å². The number of carbonyl (C=O) groups is 1. The van der Waals surface area contributed by atoms with Crippen LogP contribution in [0.15, 0.2) is 12.1 Å². The Kier molecular flexibility index (Phi) is 8.27. The molecule has 172 valence electrons. The summed E-state index contributed by atoms with van der Waals surface area (Å²) in [6.07, 6.45) is -3.83. The minimum atomic E-state index is -5.08. The Morgan fingerprint density at radius 3 is 2.47 bits per heavy atom. The molecule has 1 atom stereocenters. The van der Waals surface area contributed by atoms with Crippen molar-refractivity contribution in [2.45, 2.75) is 25.2 Å². The van der Waals surface area contributed by atoms with E-state index >= 15 is 0 Å². The zero-order valence-corrected chi connectivity index (χ0v) is 18.3. The molecule has 0 radical (unpaired) electrons. The lowest BCUT2D eigenvalue weighted by atomic mass is 10.0. The molecule has 3 rings (SSSR count). The van der Waals surface area contributed by atoms with Crippen molar-refractivity contribution in [3.8, 4) is 0 Å². The van der Waals surface area contributed by atoms with Crippen molar-refractivity contribution in [2.24, 2.45) is 0 Å². The zero-order chi connectivity index (χ0) is 22.6. The number of rotatable bonds is 3. The molecule has 30 heavy (non-hydrogen) atoms. The van der Waals surface area contributed by atoms with Gasteiger partial charge in [-0.05, 0) is 19.1 Å². The summed E-state index contributed by atoms with van der Waals surface area (Å²) in [7, 11) is -3.24. The van der Waals surface area contributed by atoms with E-state index in [9.17, 15) is 21.6 Å². The van der Waals surface area contributed by atoms with E-state index in [4.69, 9.17) is 19.4 Å². The third-order valence-corrected chi connectivity index (χ3v) is 6.76. The topological polar surface area (TPSA) is 96.4 Å². The van der Waals surface area contributed by atoms with Gasteiger partial charge < -0.3 is 14.6 Å². The van der Waals surface area contributed by atoms with E-state index in [1.165, 1.54) is 20.3 Å². The Labute approximate surface area is 177 Å². The number of hydrogen-bond acceptors (Lipinski definition) is 7. The average molecular weight is 475 g/mol. The van der Waals surface area contributed by atoms with Gasteiger partial charge in [0.2, 0.25) is 10.0 Å². The van der Waals surface area contributed by atoms with Gasteiger partial charge in [0.05, 0.1) is 26.1 Å². The molecule has 8 nitrogen and oxygen atoms in total. The summed E-state index contributed by atoms with van der Waals surface area (Å²) in [4.78, 5) is 13.9. The van der Waals surface area contributed by atoms with Crippen molar-refractivity contribution in [1.82, 2.24) is 9.21 Å². The lowest BCUT2D eigenvalue weighted by Gasteiger charge is -2.42. The first-order valence-electron chi connectivity index (χ1n) is 9.05. The second-order valence-corrected chi connectivity index (χ2v) is 10.6. The zero-order valence-electron chi connectivity index (χ0n) is 16.6. The first-order valence-corrected chi connectivity index (χ1v) is 11.7. The van der Waals surface area contributed by atoms with E-state index in [0.717, 1.165) is 13.1 Å². The fourth-order valence-electron chi connectivity index (χ4n) is 3.19. The molecule has 2 aliphatic heterocycles. The van der Waals surface area contributed by atoms with Crippen molar-refractivity contribution in [1.29, 1.82) is 0 Å². The number of halogens is 3. The number of aliphatic carboxylic acids is 1. The third-order valence-electron chi connectivity index (χ3n) is 4.53. The molecule has 3 heterocycles. The minimum absolute atomic E-state index is 0.367. The second-order valence-electron chi connectivity index (χ2n) is 7.21. The molecule has 2 saturated heterocycles. The fraction of sp³-hybridized carbons (Fsp3) is 0.706. The summed E-state index contributed by atoms with van der Waals surface area (Å²) in [6, 6.07) is 4.30. The Morgan fingerprint density at radius 1 is 1.27 bits per heavy atom. The van der Waals surface area contributed by atoms with Gasteiger partial charge in [-0.1, -0.05) is 0 Å². The maximum absolute atomic E-state index is 11.9. The average Bonchev–Trinajstić information content (AvgIpc) is 2.90. The van der Waals surface area contributed by atoms with Crippen molar-refractivity contribution in [3.63, 3.8) is 0 Å².